The first-order valence-electron chi connectivity index (χ1n) is 5.19. The Hall–Kier alpha value is -1.16. The molecular formula is C11H20N2O2. The number of carbonyl (C=O) groups is 2. The molecule has 15 heavy (non-hydrogen) atoms. The van der Waals surface area contributed by atoms with Gasteiger partial charge in [-0.15, -0.1) is 0 Å². The first kappa shape index (κ1) is 13.8. The molecule has 0 unspecified atom stereocenters. The van der Waals surface area contributed by atoms with Crippen LogP contribution >= 0.6 is 0 Å². The van der Waals surface area contributed by atoms with Crippen LogP contribution in [0.25, 0.3) is 0 Å². The van der Waals surface area contributed by atoms with Crippen LogP contribution in [0, 0.1) is 0 Å². The number of nitrogens with one attached hydrogen (secondary N) is 2. The molecule has 0 aromatic heterocycles. The fraction of sp³-hybridized carbons (Fsp3) is 0.636. The van der Waals surface area contributed by atoms with E-state index in [1.807, 2.05) is 14.0 Å². The van der Waals surface area contributed by atoms with Gasteiger partial charge in [-0.3, -0.25) is 9.59 Å². The Balaban J connectivity index is 3.67. The lowest BCUT2D eigenvalue weighted by Crippen LogP contribution is -2.30. The van der Waals surface area contributed by atoms with Gasteiger partial charge < -0.3 is 10.6 Å². The summed E-state index contributed by atoms with van der Waals surface area (Å²) in [4.78, 5) is 22.6. The molecule has 86 valence electrons. The van der Waals surface area contributed by atoms with Crippen LogP contribution in [0.5, 0.6) is 0 Å². The monoisotopic (exact) mass is 212 g/mol. The Morgan fingerprint density at radius 3 is 2.40 bits per heavy atom. The van der Waals surface area contributed by atoms with Gasteiger partial charge in [0.15, 0.2) is 5.78 Å². The van der Waals surface area contributed by atoms with E-state index in [1.54, 1.807) is 13.0 Å². The maximum Gasteiger partial charge on any atom is 0.220 e. The predicted octanol–water partition coefficient (Wildman–Crippen LogP) is 0.638. The highest BCUT2D eigenvalue weighted by Gasteiger charge is 2.07. The van der Waals surface area contributed by atoms with Crippen LogP contribution in [-0.2, 0) is 9.59 Å². The highest BCUT2D eigenvalue weighted by Crippen LogP contribution is 2.01. The smallest absolute Gasteiger partial charge is 0.220 e. The second-order valence-electron chi connectivity index (χ2n) is 3.35. The van der Waals surface area contributed by atoms with Gasteiger partial charge in [-0.25, -0.2) is 0 Å². The number of ketones is 1. The number of rotatable bonds is 7. The van der Waals surface area contributed by atoms with Crippen molar-refractivity contribution in [2.45, 2.75) is 26.7 Å². The second-order valence-corrected chi connectivity index (χ2v) is 3.35. The molecule has 4 nitrogen and oxygen atoms in total. The van der Waals surface area contributed by atoms with Crippen molar-refractivity contribution in [3.63, 3.8) is 0 Å². The number of carbonyl (C=O) groups excluding carboxylic acids is 2. The third-order valence-corrected chi connectivity index (χ3v) is 2.15. The summed E-state index contributed by atoms with van der Waals surface area (Å²) in [6, 6.07) is 0. The zero-order valence-corrected chi connectivity index (χ0v) is 9.72. The molecule has 0 aromatic rings. The van der Waals surface area contributed by atoms with Crippen molar-refractivity contribution in [1.29, 1.82) is 0 Å². The van der Waals surface area contributed by atoms with Crippen molar-refractivity contribution in [3.05, 3.63) is 11.6 Å². The number of allylic oxidation sites excluding steroid dienone is 2. The molecule has 0 atom stereocenters. The van der Waals surface area contributed by atoms with E-state index in [0.29, 0.717) is 13.0 Å². The van der Waals surface area contributed by atoms with Crippen molar-refractivity contribution in [1.82, 2.24) is 10.6 Å². The van der Waals surface area contributed by atoms with Crippen LogP contribution in [-0.4, -0.2) is 31.8 Å². The predicted molar refractivity (Wildman–Crippen MR) is 60.6 cm³/mol. The summed E-state index contributed by atoms with van der Waals surface area (Å²) in [5.41, 5.74) is 0.720. The topological polar surface area (TPSA) is 58.2 Å². The maximum absolute atomic E-state index is 11.3. The van der Waals surface area contributed by atoms with Crippen LogP contribution in [0.4, 0.5) is 0 Å². The summed E-state index contributed by atoms with van der Waals surface area (Å²) in [6.07, 6.45) is 2.33. The molecule has 0 spiro atoms. The molecule has 2 N–H and O–H groups in total. The molecule has 0 heterocycles. The fourth-order valence-corrected chi connectivity index (χ4v) is 1.00. The van der Waals surface area contributed by atoms with Crippen LogP contribution in [0.2, 0.25) is 0 Å². The van der Waals surface area contributed by atoms with Gasteiger partial charge in [-0.1, -0.05) is 6.08 Å². The second kappa shape index (κ2) is 8.17. The lowest BCUT2D eigenvalue weighted by molar-refractivity contribution is -0.124. The van der Waals surface area contributed by atoms with E-state index in [2.05, 4.69) is 10.6 Å². The maximum atomic E-state index is 11.3. The highest BCUT2D eigenvalue weighted by atomic mass is 16.2. The van der Waals surface area contributed by atoms with Crippen molar-refractivity contribution in [2.75, 3.05) is 20.1 Å². The number of hydrogen-bond donors (Lipinski definition) is 2. The Labute approximate surface area is 91.1 Å². The average molecular weight is 212 g/mol. The molecule has 0 aliphatic carbocycles. The van der Waals surface area contributed by atoms with E-state index in [-0.39, 0.29) is 18.1 Å². The Kier molecular flexibility index (Phi) is 7.54. The molecule has 0 radical (unpaired) electrons. The van der Waals surface area contributed by atoms with Gasteiger partial charge in [-0.2, -0.15) is 0 Å². The molecule has 0 saturated carbocycles. The van der Waals surface area contributed by atoms with E-state index in [1.165, 1.54) is 0 Å². The van der Waals surface area contributed by atoms with E-state index >= 15 is 0 Å². The van der Waals surface area contributed by atoms with Crippen molar-refractivity contribution in [2.24, 2.45) is 0 Å². The highest BCUT2D eigenvalue weighted by molar-refractivity contribution is 5.96. The van der Waals surface area contributed by atoms with Gasteiger partial charge in [0, 0.05) is 25.9 Å². The van der Waals surface area contributed by atoms with Gasteiger partial charge in [0.1, 0.15) is 0 Å². The van der Waals surface area contributed by atoms with Gasteiger partial charge in [-0.05, 0) is 26.5 Å². The molecule has 0 rings (SSSR count). The van der Waals surface area contributed by atoms with E-state index in [4.69, 9.17) is 0 Å². The first-order chi connectivity index (χ1) is 7.11. The first-order valence-corrected chi connectivity index (χ1v) is 5.19. The standard InChI is InChI=1S/C11H20N2O2/c1-4-9(2)10(14)5-6-11(15)13-8-7-12-3/h4,12H,5-8H2,1-3H3,(H,13,15). The molecule has 0 aliphatic rings. The minimum atomic E-state index is -0.0671. The third-order valence-electron chi connectivity index (χ3n) is 2.15. The molecule has 0 saturated heterocycles. The molecule has 1 amide bonds. The van der Waals surface area contributed by atoms with Crippen LogP contribution in [0.3, 0.4) is 0 Å². The SMILES string of the molecule is CC=C(C)C(=O)CCC(=O)NCCNC. The van der Waals surface area contributed by atoms with Gasteiger partial charge in [0.2, 0.25) is 5.91 Å². The number of hydrogen-bond acceptors (Lipinski definition) is 3. The van der Waals surface area contributed by atoms with E-state index in [0.717, 1.165) is 12.1 Å². The van der Waals surface area contributed by atoms with E-state index < -0.39 is 0 Å². The molecule has 4 heteroatoms. The summed E-state index contributed by atoms with van der Waals surface area (Å²) >= 11 is 0. The van der Waals surface area contributed by atoms with E-state index in [9.17, 15) is 9.59 Å². The van der Waals surface area contributed by atoms with Crippen molar-refractivity contribution in [3.8, 4) is 0 Å². The quantitative estimate of drug-likeness (QED) is 0.481. The summed E-state index contributed by atoms with van der Waals surface area (Å²) < 4.78 is 0. The third kappa shape index (κ3) is 6.85. The summed E-state index contributed by atoms with van der Waals surface area (Å²) in [5, 5.41) is 5.65. The lowest BCUT2D eigenvalue weighted by Gasteiger charge is -2.04. The Morgan fingerprint density at radius 2 is 1.87 bits per heavy atom. The summed E-state index contributed by atoms with van der Waals surface area (Å²) in [7, 11) is 1.82. The summed E-state index contributed by atoms with van der Waals surface area (Å²) in [5.74, 6) is -0.0243. The molecule has 0 aromatic carbocycles. The number of Topliss-reactive ketones (excluding diaryl/α,β-unsaturated/α-hetero) is 1. The zero-order valence-electron chi connectivity index (χ0n) is 9.72. The van der Waals surface area contributed by atoms with Crippen LogP contribution in [0.15, 0.2) is 11.6 Å². The van der Waals surface area contributed by atoms with Gasteiger partial charge >= 0.3 is 0 Å². The molecule has 0 aliphatic heterocycles. The minimum absolute atomic E-state index is 0.0428. The fourth-order valence-electron chi connectivity index (χ4n) is 1.00. The van der Waals surface area contributed by atoms with Gasteiger partial charge in [0.25, 0.3) is 0 Å². The lowest BCUT2D eigenvalue weighted by atomic mass is 10.1. The minimum Gasteiger partial charge on any atom is -0.355 e. The average Bonchev–Trinajstić information content (AvgIpc) is 2.25. The number of amides is 1. The molecular weight excluding hydrogens is 192 g/mol. The van der Waals surface area contributed by atoms with Crippen LogP contribution in [0.1, 0.15) is 26.7 Å². The molecule has 0 fully saturated rings. The van der Waals surface area contributed by atoms with Crippen molar-refractivity contribution >= 4 is 11.7 Å². The number of likely N-dealkylation sites (N-methyl/N-ethyl adjacent to an activating group) is 1. The summed E-state index contributed by atoms with van der Waals surface area (Å²) in [6.45, 7) is 4.93. The normalized spacial score (nSPS) is 11.3. The van der Waals surface area contributed by atoms with Crippen molar-refractivity contribution < 1.29 is 9.59 Å². The largest absolute Gasteiger partial charge is 0.355 e. The Morgan fingerprint density at radius 1 is 1.20 bits per heavy atom. The van der Waals surface area contributed by atoms with Crippen LogP contribution < -0.4 is 10.6 Å². The molecule has 0 bridgehead atoms. The Bertz CT molecular complexity index is 247. The zero-order chi connectivity index (χ0) is 11.7. The van der Waals surface area contributed by atoms with Gasteiger partial charge in [0.05, 0.1) is 0 Å².